The van der Waals surface area contributed by atoms with Gasteiger partial charge in [-0.2, -0.15) is 0 Å². The summed E-state index contributed by atoms with van der Waals surface area (Å²) < 4.78 is 10.4. The Morgan fingerprint density at radius 1 is 0.851 bits per heavy atom. The van der Waals surface area contributed by atoms with Crippen molar-refractivity contribution in [3.05, 3.63) is 63.6 Å². The molecule has 0 aliphatic rings. The van der Waals surface area contributed by atoms with Crippen molar-refractivity contribution < 1.29 is 43.3 Å². The number of benzene rings is 2. The lowest BCUT2D eigenvalue weighted by Crippen LogP contribution is -2.50. The van der Waals surface area contributed by atoms with E-state index >= 15 is 0 Å². The number of carboxylic acid groups (broad SMARTS) is 1. The fourth-order valence-electron chi connectivity index (χ4n) is 3.42. The van der Waals surface area contributed by atoms with E-state index in [2.05, 4.69) is 31.6 Å². The number of alkyl carbamates (subject to hydrolysis) is 1. The summed E-state index contributed by atoms with van der Waals surface area (Å²) in [6.45, 7) is 8.80. The van der Waals surface area contributed by atoms with Gasteiger partial charge in [-0.3, -0.25) is 19.7 Å². The van der Waals surface area contributed by atoms with Crippen molar-refractivity contribution in [2.24, 2.45) is 4.99 Å². The van der Waals surface area contributed by atoms with E-state index in [1.54, 1.807) is 41.5 Å². The molecule has 47 heavy (non-hydrogen) atoms. The van der Waals surface area contributed by atoms with Gasteiger partial charge in [0.2, 0.25) is 11.9 Å². The van der Waals surface area contributed by atoms with Crippen LogP contribution in [-0.2, 0) is 19.1 Å². The third-order valence-corrected chi connectivity index (χ3v) is 5.94. The molecule has 15 nitrogen and oxygen atoms in total. The van der Waals surface area contributed by atoms with Crippen LogP contribution in [0.15, 0.2) is 47.5 Å². The van der Waals surface area contributed by atoms with Crippen LogP contribution < -0.4 is 26.6 Å². The molecule has 0 fully saturated rings. The number of amides is 5. The third-order valence-electron chi connectivity index (χ3n) is 5.31. The Kier molecular flexibility index (Phi) is 13.5. The molecule has 0 aromatic heterocycles. The molecule has 0 bridgehead atoms. The van der Waals surface area contributed by atoms with Gasteiger partial charge in [-0.25, -0.2) is 14.4 Å². The molecule has 0 spiro atoms. The van der Waals surface area contributed by atoms with Gasteiger partial charge in [-0.1, -0.05) is 35.3 Å². The van der Waals surface area contributed by atoms with Gasteiger partial charge in [0.15, 0.2) is 0 Å². The minimum Gasteiger partial charge on any atom is -0.480 e. The van der Waals surface area contributed by atoms with Crippen LogP contribution in [0.25, 0.3) is 0 Å². The van der Waals surface area contributed by atoms with E-state index in [9.17, 15) is 33.9 Å². The molecule has 17 heteroatoms. The second kappa shape index (κ2) is 16.6. The fourth-order valence-corrected chi connectivity index (χ4v) is 3.99. The summed E-state index contributed by atoms with van der Waals surface area (Å²) >= 11 is 12.0. The number of rotatable bonds is 9. The van der Waals surface area contributed by atoms with Crippen LogP contribution in [0, 0.1) is 0 Å². The van der Waals surface area contributed by atoms with Crippen LogP contribution >= 0.6 is 23.2 Å². The zero-order valence-electron chi connectivity index (χ0n) is 26.4. The van der Waals surface area contributed by atoms with Gasteiger partial charge >= 0.3 is 18.2 Å². The molecule has 0 saturated carbocycles. The molecule has 6 N–H and O–H groups in total. The second-order valence-corrected chi connectivity index (χ2v) is 12.5. The number of hydrogen-bond acceptors (Lipinski definition) is 8. The fraction of sp³-hybridized carbons (Fsp3) is 0.367. The van der Waals surface area contributed by atoms with E-state index in [1.165, 1.54) is 42.5 Å². The van der Waals surface area contributed by atoms with Gasteiger partial charge in [-0.15, -0.1) is 4.99 Å². The van der Waals surface area contributed by atoms with Gasteiger partial charge in [-0.05, 0) is 71.9 Å². The predicted molar refractivity (Wildman–Crippen MR) is 174 cm³/mol. The van der Waals surface area contributed by atoms with Crippen molar-refractivity contribution >= 4 is 70.7 Å². The number of aliphatic imine (C=N–C) groups is 1. The van der Waals surface area contributed by atoms with Crippen molar-refractivity contribution in [2.75, 3.05) is 18.4 Å². The average Bonchev–Trinajstić information content (AvgIpc) is 2.91. The Labute approximate surface area is 280 Å². The summed E-state index contributed by atoms with van der Waals surface area (Å²) in [5.74, 6) is -4.08. The lowest BCUT2D eigenvalue weighted by molar-refractivity contribution is -0.139. The van der Waals surface area contributed by atoms with E-state index in [4.69, 9.17) is 32.7 Å². The molecule has 2 aromatic rings. The topological polar surface area (TPSA) is 214 Å². The number of carboxylic acids is 1. The molecule has 254 valence electrons. The van der Waals surface area contributed by atoms with Crippen LogP contribution in [0.4, 0.5) is 15.3 Å². The van der Waals surface area contributed by atoms with Crippen molar-refractivity contribution in [3.63, 3.8) is 0 Å². The number of nitrogens with zero attached hydrogens (tertiary/aromatic N) is 1. The summed E-state index contributed by atoms with van der Waals surface area (Å²) in [4.78, 5) is 77.8. The molecular formula is C30H36Cl2N6O9. The smallest absolute Gasteiger partial charge is 0.437 e. The summed E-state index contributed by atoms with van der Waals surface area (Å²) in [5, 5.41) is 21.5. The number of ether oxygens (including phenoxy) is 2. The van der Waals surface area contributed by atoms with Gasteiger partial charge in [0.05, 0.1) is 22.2 Å². The summed E-state index contributed by atoms with van der Waals surface area (Å²) in [5.41, 5.74) is -1.54. The minimum atomic E-state index is -1.54. The number of carbonyl (C=O) groups is 6. The van der Waals surface area contributed by atoms with Crippen LogP contribution in [-0.4, -0.2) is 77.3 Å². The van der Waals surface area contributed by atoms with Crippen LogP contribution in [0.5, 0.6) is 0 Å². The van der Waals surface area contributed by atoms with Crippen molar-refractivity contribution in [3.8, 4) is 0 Å². The lowest BCUT2D eigenvalue weighted by Gasteiger charge is -2.21. The van der Waals surface area contributed by atoms with E-state index in [1.807, 2.05) is 0 Å². The normalized spacial score (nSPS) is 12.2. The standard InChI is InChI=1S/C30H36Cl2N6O9/c1-29(2,3)46-27(44)37-26(38-28(45)47-30(4,5)6)35-17-10-7-9-16(13-17)23(40)34-15-21(39)33-14-20(25(42)43)36-24(41)22-18(31)11-8-12-19(22)32/h7-13,20H,14-15H2,1-6H3,(H,33,39)(H,34,40)(H,36,41)(H,42,43)(H2,35,37,38,44,45). The first-order chi connectivity index (χ1) is 21.7. The highest BCUT2D eigenvalue weighted by Gasteiger charge is 2.25. The van der Waals surface area contributed by atoms with Crippen molar-refractivity contribution in [2.45, 2.75) is 58.8 Å². The van der Waals surface area contributed by atoms with Gasteiger partial charge < -0.3 is 35.8 Å². The van der Waals surface area contributed by atoms with Crippen LogP contribution in [0.2, 0.25) is 10.0 Å². The molecule has 1 unspecified atom stereocenters. The zero-order valence-corrected chi connectivity index (χ0v) is 28.0. The molecule has 0 aliphatic carbocycles. The molecule has 5 amide bonds. The first kappa shape index (κ1) is 38.3. The SMILES string of the molecule is CC(C)(C)OC(=O)N=C(NC(=O)OC(C)(C)C)Nc1cccc(C(=O)NCC(=O)NCC(NC(=O)c2c(Cl)cccc2Cl)C(=O)O)c1. The zero-order chi connectivity index (χ0) is 35.5. The van der Waals surface area contributed by atoms with E-state index in [-0.39, 0.29) is 32.8 Å². The Morgan fingerprint density at radius 2 is 1.45 bits per heavy atom. The number of guanidine groups is 1. The van der Waals surface area contributed by atoms with Gasteiger partial charge in [0.25, 0.3) is 11.8 Å². The number of aliphatic carboxylic acids is 1. The molecule has 0 heterocycles. The Morgan fingerprint density at radius 3 is 2.02 bits per heavy atom. The highest BCUT2D eigenvalue weighted by molar-refractivity contribution is 6.39. The molecule has 0 radical (unpaired) electrons. The highest BCUT2D eigenvalue weighted by atomic mass is 35.5. The second-order valence-electron chi connectivity index (χ2n) is 11.7. The van der Waals surface area contributed by atoms with E-state index in [0.29, 0.717) is 0 Å². The molecule has 1 atom stereocenters. The van der Waals surface area contributed by atoms with Crippen LogP contribution in [0.3, 0.4) is 0 Å². The third kappa shape index (κ3) is 14.0. The monoisotopic (exact) mass is 694 g/mol. The van der Waals surface area contributed by atoms with Gasteiger partial charge in [0, 0.05) is 17.8 Å². The number of carbonyl (C=O) groups excluding carboxylic acids is 5. The maximum atomic E-state index is 12.8. The lowest BCUT2D eigenvalue weighted by atomic mass is 10.2. The Bertz CT molecular complexity index is 1530. The maximum absolute atomic E-state index is 12.8. The molecule has 2 aromatic carbocycles. The predicted octanol–water partition coefficient (Wildman–Crippen LogP) is 3.95. The molecule has 2 rings (SSSR count). The highest BCUT2D eigenvalue weighted by Crippen LogP contribution is 2.24. The average molecular weight is 696 g/mol. The summed E-state index contributed by atoms with van der Waals surface area (Å²) in [7, 11) is 0. The minimum absolute atomic E-state index is 0.0102. The number of halogens is 2. The first-order valence-electron chi connectivity index (χ1n) is 14.0. The van der Waals surface area contributed by atoms with E-state index in [0.717, 1.165) is 0 Å². The number of hydrogen-bond donors (Lipinski definition) is 6. The first-order valence-corrected chi connectivity index (χ1v) is 14.7. The summed E-state index contributed by atoms with van der Waals surface area (Å²) in [6.07, 6.45) is -1.92. The van der Waals surface area contributed by atoms with Crippen molar-refractivity contribution in [1.29, 1.82) is 0 Å². The van der Waals surface area contributed by atoms with E-state index < -0.39 is 66.2 Å². The Balaban J connectivity index is 2.04. The van der Waals surface area contributed by atoms with Crippen LogP contribution in [0.1, 0.15) is 62.3 Å². The number of anilines is 1. The van der Waals surface area contributed by atoms with Crippen molar-refractivity contribution in [1.82, 2.24) is 21.3 Å². The molecular weight excluding hydrogens is 659 g/mol. The number of nitrogens with one attached hydrogen (secondary N) is 5. The maximum Gasteiger partial charge on any atom is 0.437 e. The quantitative estimate of drug-likeness (QED) is 0.164. The Hall–Kier alpha value is -4.89. The van der Waals surface area contributed by atoms with Gasteiger partial charge in [0.1, 0.15) is 17.2 Å². The molecule has 0 aliphatic heterocycles. The summed E-state index contributed by atoms with van der Waals surface area (Å²) in [6, 6.07) is 8.58. The largest absolute Gasteiger partial charge is 0.480 e. The molecule has 0 saturated heterocycles.